The summed E-state index contributed by atoms with van der Waals surface area (Å²) in [5.74, 6) is -0.391. The molecular formula is C29H35N3O2. The van der Waals surface area contributed by atoms with Gasteiger partial charge >= 0.3 is 5.97 Å². The molecule has 5 heteroatoms. The number of anilines is 1. The van der Waals surface area contributed by atoms with Crippen molar-refractivity contribution in [2.45, 2.75) is 45.1 Å². The summed E-state index contributed by atoms with van der Waals surface area (Å²) in [6, 6.07) is 7.03. The third-order valence-electron chi connectivity index (χ3n) is 6.21. The number of benzene rings is 1. The van der Waals surface area contributed by atoms with Gasteiger partial charge in [0.15, 0.2) is 0 Å². The first-order chi connectivity index (χ1) is 16.5. The molecule has 1 unspecified atom stereocenters. The molecule has 0 bridgehead atoms. The number of carbonyl (C=O) groups is 1. The van der Waals surface area contributed by atoms with Crippen LogP contribution in [0.5, 0.6) is 0 Å². The minimum absolute atomic E-state index is 0.322. The predicted molar refractivity (Wildman–Crippen MR) is 139 cm³/mol. The van der Waals surface area contributed by atoms with E-state index in [0.717, 1.165) is 56.6 Å². The monoisotopic (exact) mass is 457 g/mol. The van der Waals surface area contributed by atoms with Gasteiger partial charge in [0.2, 0.25) is 0 Å². The molecule has 0 saturated heterocycles. The fraction of sp³-hybridized carbons (Fsp3) is 0.379. The molecular weight excluding hydrogens is 422 g/mol. The van der Waals surface area contributed by atoms with E-state index < -0.39 is 5.97 Å². The molecule has 1 atom stereocenters. The smallest absolute Gasteiger partial charge is 0.338 e. The first kappa shape index (κ1) is 25.3. The molecule has 1 aromatic rings. The van der Waals surface area contributed by atoms with Crippen molar-refractivity contribution in [2.24, 2.45) is 0 Å². The van der Waals surface area contributed by atoms with E-state index in [1.165, 1.54) is 22.8 Å². The largest absolute Gasteiger partial charge is 0.462 e. The summed E-state index contributed by atoms with van der Waals surface area (Å²) < 4.78 is 5.35. The van der Waals surface area contributed by atoms with Crippen LogP contribution >= 0.6 is 0 Å². The number of allylic oxidation sites excluding steroid dienone is 5. The van der Waals surface area contributed by atoms with Gasteiger partial charge in [0, 0.05) is 25.7 Å². The highest BCUT2D eigenvalue weighted by atomic mass is 16.5. The van der Waals surface area contributed by atoms with Gasteiger partial charge in [-0.25, -0.2) is 4.79 Å². The minimum atomic E-state index is -0.391. The average Bonchev–Trinajstić information content (AvgIpc) is 3.26. The fourth-order valence-corrected chi connectivity index (χ4v) is 4.50. The minimum Gasteiger partial charge on any atom is -0.462 e. The van der Waals surface area contributed by atoms with Gasteiger partial charge in [0.1, 0.15) is 6.07 Å². The normalized spacial score (nSPS) is 15.8. The zero-order valence-corrected chi connectivity index (χ0v) is 20.2. The van der Waals surface area contributed by atoms with E-state index in [1.807, 2.05) is 6.07 Å². The number of hydrogen-bond acceptors (Lipinski definition) is 5. The Morgan fingerprint density at radius 2 is 2.21 bits per heavy atom. The van der Waals surface area contributed by atoms with Gasteiger partial charge in [-0.3, -0.25) is 0 Å². The average molecular weight is 458 g/mol. The molecule has 1 N–H and O–H groups in total. The molecule has 0 amide bonds. The number of nitrogens with zero attached hydrogens (tertiary/aromatic N) is 2. The number of rotatable bonds is 12. The number of nitriles is 1. The second-order valence-corrected chi connectivity index (χ2v) is 8.83. The lowest BCUT2D eigenvalue weighted by molar-refractivity contribution is -0.138. The second-order valence-electron chi connectivity index (χ2n) is 8.83. The van der Waals surface area contributed by atoms with Crippen molar-refractivity contribution in [2.75, 3.05) is 31.1 Å². The summed E-state index contributed by atoms with van der Waals surface area (Å²) in [7, 11) is 0. The van der Waals surface area contributed by atoms with Gasteiger partial charge in [0.25, 0.3) is 0 Å². The SMILES string of the molecule is C=C/C=C(\C=C)C(=O)OCCCN1CCc2cc(CC(C)NCC3=CC=CCC3)cc(C#N)c21. The second kappa shape index (κ2) is 12.8. The molecule has 178 valence electrons. The van der Waals surface area contributed by atoms with Crippen LogP contribution in [0.25, 0.3) is 0 Å². The Labute approximate surface area is 203 Å². The van der Waals surface area contributed by atoms with Crippen LogP contribution in [0.4, 0.5) is 5.69 Å². The van der Waals surface area contributed by atoms with Gasteiger partial charge < -0.3 is 15.0 Å². The van der Waals surface area contributed by atoms with E-state index in [2.05, 4.69) is 60.7 Å². The number of nitrogens with one attached hydrogen (secondary N) is 1. The van der Waals surface area contributed by atoms with Crippen LogP contribution in [0.2, 0.25) is 0 Å². The Hall–Kier alpha value is -3.36. The third-order valence-corrected chi connectivity index (χ3v) is 6.21. The Balaban J connectivity index is 1.54. The molecule has 0 radical (unpaired) electrons. The zero-order valence-electron chi connectivity index (χ0n) is 20.2. The Bertz CT molecular complexity index is 1040. The molecule has 1 aromatic carbocycles. The molecule has 0 aromatic heterocycles. The van der Waals surface area contributed by atoms with Crippen LogP contribution in [-0.4, -0.2) is 38.3 Å². The predicted octanol–water partition coefficient (Wildman–Crippen LogP) is 4.95. The van der Waals surface area contributed by atoms with Crippen LogP contribution in [-0.2, 0) is 22.4 Å². The van der Waals surface area contributed by atoms with Crippen LogP contribution in [0.3, 0.4) is 0 Å². The lowest BCUT2D eigenvalue weighted by atomic mass is 9.98. The molecule has 1 aliphatic carbocycles. The number of carbonyl (C=O) groups excluding carboxylic acids is 1. The quantitative estimate of drug-likeness (QED) is 0.208. The van der Waals surface area contributed by atoms with E-state index in [-0.39, 0.29) is 0 Å². The summed E-state index contributed by atoms with van der Waals surface area (Å²) in [5.41, 5.74) is 6.06. The first-order valence-corrected chi connectivity index (χ1v) is 12.1. The van der Waals surface area contributed by atoms with Gasteiger partial charge in [0.05, 0.1) is 23.4 Å². The maximum Gasteiger partial charge on any atom is 0.338 e. The first-order valence-electron chi connectivity index (χ1n) is 12.1. The van der Waals surface area contributed by atoms with Crippen molar-refractivity contribution in [1.82, 2.24) is 5.32 Å². The van der Waals surface area contributed by atoms with Crippen LogP contribution in [0.1, 0.15) is 42.9 Å². The summed E-state index contributed by atoms with van der Waals surface area (Å²) >= 11 is 0. The fourth-order valence-electron chi connectivity index (χ4n) is 4.50. The molecule has 0 saturated carbocycles. The van der Waals surface area contributed by atoms with E-state index in [1.54, 1.807) is 12.2 Å². The Kier molecular flexibility index (Phi) is 9.49. The zero-order chi connectivity index (χ0) is 24.3. The lowest BCUT2D eigenvalue weighted by Crippen LogP contribution is -2.30. The highest BCUT2D eigenvalue weighted by Crippen LogP contribution is 2.33. The number of hydrogen-bond donors (Lipinski definition) is 1. The highest BCUT2D eigenvalue weighted by molar-refractivity contribution is 5.91. The van der Waals surface area contributed by atoms with Crippen LogP contribution in [0, 0.1) is 11.3 Å². The van der Waals surface area contributed by atoms with Crippen molar-refractivity contribution >= 4 is 11.7 Å². The summed E-state index contributed by atoms with van der Waals surface area (Å²) in [5, 5.41) is 13.5. The summed E-state index contributed by atoms with van der Waals surface area (Å²) in [6.45, 7) is 12.3. The molecule has 3 rings (SSSR count). The summed E-state index contributed by atoms with van der Waals surface area (Å²) in [6.07, 6.45) is 15.9. The molecule has 5 nitrogen and oxygen atoms in total. The maximum atomic E-state index is 12.0. The lowest BCUT2D eigenvalue weighted by Gasteiger charge is -2.21. The highest BCUT2D eigenvalue weighted by Gasteiger charge is 2.23. The molecule has 2 aliphatic rings. The standard InChI is InChI=1S/C29H35N3O2/c1-4-10-25(5-2)29(33)34-16-9-14-32-15-13-26-18-24(19-27(20-30)28(26)32)17-22(3)31-21-23-11-7-6-8-12-23/h4-7,10-11,18-19,22,31H,1-2,8-9,12-17,21H2,3H3/b25-10+. The van der Waals surface area contributed by atoms with Crippen molar-refractivity contribution in [3.05, 3.63) is 89.6 Å². The van der Waals surface area contributed by atoms with Gasteiger partial charge in [-0.15, -0.1) is 0 Å². The van der Waals surface area contributed by atoms with E-state index in [0.29, 0.717) is 24.6 Å². The van der Waals surface area contributed by atoms with Crippen LogP contribution in [0.15, 0.2) is 72.9 Å². The van der Waals surface area contributed by atoms with E-state index in [9.17, 15) is 10.1 Å². The number of esters is 1. The Morgan fingerprint density at radius 3 is 2.91 bits per heavy atom. The van der Waals surface area contributed by atoms with Gasteiger partial charge in [-0.05, 0) is 62.3 Å². The number of fused-ring (bicyclic) bond motifs is 1. The van der Waals surface area contributed by atoms with Crippen molar-refractivity contribution in [1.29, 1.82) is 5.26 Å². The van der Waals surface area contributed by atoms with Gasteiger partial charge in [-0.1, -0.05) is 55.2 Å². The molecule has 1 aliphatic heterocycles. The van der Waals surface area contributed by atoms with Crippen LogP contribution < -0.4 is 10.2 Å². The van der Waals surface area contributed by atoms with Crippen molar-refractivity contribution in [3.63, 3.8) is 0 Å². The Morgan fingerprint density at radius 1 is 1.35 bits per heavy atom. The molecule has 0 spiro atoms. The van der Waals surface area contributed by atoms with Crippen molar-refractivity contribution in [3.8, 4) is 6.07 Å². The maximum absolute atomic E-state index is 12.0. The van der Waals surface area contributed by atoms with E-state index in [4.69, 9.17) is 4.74 Å². The third kappa shape index (κ3) is 6.82. The number of ether oxygens (including phenoxy) is 1. The van der Waals surface area contributed by atoms with E-state index >= 15 is 0 Å². The van der Waals surface area contributed by atoms with Crippen molar-refractivity contribution < 1.29 is 9.53 Å². The molecule has 0 fully saturated rings. The molecule has 1 heterocycles. The van der Waals surface area contributed by atoms with Gasteiger partial charge in [-0.2, -0.15) is 5.26 Å². The summed E-state index contributed by atoms with van der Waals surface area (Å²) in [4.78, 5) is 14.3. The molecule has 34 heavy (non-hydrogen) atoms. The topological polar surface area (TPSA) is 65.4 Å².